The summed E-state index contributed by atoms with van der Waals surface area (Å²) in [6.45, 7) is 5.45. The first kappa shape index (κ1) is 26.9. The lowest BCUT2D eigenvalue weighted by Crippen LogP contribution is -2.75. The van der Waals surface area contributed by atoms with E-state index in [-0.39, 0.29) is 36.8 Å². The van der Waals surface area contributed by atoms with Gasteiger partial charge >= 0.3 is 6.03 Å². The monoisotopic (exact) mass is 489 g/mol. The maximum absolute atomic E-state index is 13.4. The number of rotatable bonds is 11. The minimum atomic E-state index is -0.551. The van der Waals surface area contributed by atoms with Crippen LogP contribution in [0.1, 0.15) is 70.8 Å². The average Bonchev–Trinajstić information content (AvgIpc) is 2.83. The molecule has 0 aliphatic carbocycles. The number of piperazine rings is 1. The molecule has 1 unspecified atom stereocenters. The molecule has 0 radical (unpaired) electrons. The molecule has 2 aliphatic heterocycles. The number of halogens is 1. The van der Waals surface area contributed by atoms with E-state index >= 15 is 0 Å². The van der Waals surface area contributed by atoms with Gasteiger partial charge in [-0.3, -0.25) is 9.59 Å². The van der Waals surface area contributed by atoms with Gasteiger partial charge in [-0.05, 0) is 30.5 Å². The molecule has 2 saturated heterocycles. The fourth-order valence-corrected chi connectivity index (χ4v) is 4.95. The zero-order chi connectivity index (χ0) is 25.4. The van der Waals surface area contributed by atoms with Crippen LogP contribution in [0.5, 0.6) is 0 Å². The summed E-state index contributed by atoms with van der Waals surface area (Å²) >= 11 is 0. The predicted octanol–water partition coefficient (Wildman–Crippen LogP) is 3.72. The number of unbranched alkanes of at least 4 members (excludes halogenated alkanes) is 5. The van der Waals surface area contributed by atoms with Gasteiger partial charge in [-0.25, -0.2) is 19.2 Å². The lowest BCUT2D eigenvalue weighted by atomic mass is 10.0. The van der Waals surface area contributed by atoms with Crippen molar-refractivity contribution in [2.24, 2.45) is 0 Å². The maximum Gasteiger partial charge on any atom is 0.334 e. The second-order valence-electron chi connectivity index (χ2n) is 9.58. The van der Waals surface area contributed by atoms with Crippen molar-refractivity contribution in [3.8, 4) is 0 Å². The van der Waals surface area contributed by atoms with Crippen LogP contribution in [0.25, 0.3) is 0 Å². The van der Waals surface area contributed by atoms with Gasteiger partial charge in [0.05, 0.1) is 13.1 Å². The molecule has 2 atom stereocenters. The Hall–Kier alpha value is -2.68. The molecule has 2 aliphatic rings. The van der Waals surface area contributed by atoms with Gasteiger partial charge in [0.25, 0.3) is 0 Å². The molecule has 1 aromatic rings. The van der Waals surface area contributed by atoms with Crippen LogP contribution in [0, 0.1) is 5.82 Å². The first-order valence-electron chi connectivity index (χ1n) is 13.0. The van der Waals surface area contributed by atoms with Gasteiger partial charge in [0.2, 0.25) is 11.8 Å². The summed E-state index contributed by atoms with van der Waals surface area (Å²) in [5, 5.41) is 6.10. The lowest BCUT2D eigenvalue weighted by Gasteiger charge is -2.54. The van der Waals surface area contributed by atoms with Crippen LogP contribution in [-0.2, 0) is 16.1 Å². The van der Waals surface area contributed by atoms with Gasteiger partial charge in [-0.15, -0.1) is 0 Å². The summed E-state index contributed by atoms with van der Waals surface area (Å²) in [6, 6.07) is 5.09. The van der Waals surface area contributed by atoms with Crippen molar-refractivity contribution in [3.05, 3.63) is 35.6 Å². The molecule has 4 amide bonds. The van der Waals surface area contributed by atoms with E-state index < -0.39 is 12.2 Å². The highest BCUT2D eigenvalue weighted by Gasteiger charge is 2.50. The fourth-order valence-electron chi connectivity index (χ4n) is 4.95. The molecular weight excluding hydrogens is 449 g/mol. The molecule has 8 nitrogen and oxygen atoms in total. The number of nitrogens with zero attached hydrogens (tertiary/aromatic N) is 4. The maximum atomic E-state index is 13.4. The van der Waals surface area contributed by atoms with Gasteiger partial charge in [-0.1, -0.05) is 64.5 Å². The molecule has 0 aromatic heterocycles. The summed E-state index contributed by atoms with van der Waals surface area (Å²) in [7, 11) is 1.72. The van der Waals surface area contributed by atoms with Gasteiger partial charge in [0.15, 0.2) is 0 Å². The molecule has 35 heavy (non-hydrogen) atoms. The average molecular weight is 490 g/mol. The quantitative estimate of drug-likeness (QED) is 0.481. The molecule has 3 rings (SSSR count). The third-order valence-electron chi connectivity index (χ3n) is 6.87. The smallest absolute Gasteiger partial charge is 0.334 e. The van der Waals surface area contributed by atoms with E-state index in [1.54, 1.807) is 34.1 Å². The van der Waals surface area contributed by atoms with Crippen molar-refractivity contribution in [1.82, 2.24) is 25.1 Å². The van der Waals surface area contributed by atoms with Crippen LogP contribution in [0.2, 0.25) is 0 Å². The number of urea groups is 1. The Bertz CT molecular complexity index is 865. The third kappa shape index (κ3) is 6.72. The predicted molar refractivity (Wildman–Crippen MR) is 132 cm³/mol. The summed E-state index contributed by atoms with van der Waals surface area (Å²) in [5.74, 6) is -0.461. The van der Waals surface area contributed by atoms with Crippen molar-refractivity contribution in [1.29, 1.82) is 0 Å². The first-order chi connectivity index (χ1) is 16.9. The summed E-state index contributed by atoms with van der Waals surface area (Å²) in [4.78, 5) is 43.3. The number of nitrogens with one attached hydrogen (secondary N) is 1. The minimum Gasteiger partial charge on any atom is -0.337 e. The number of carbonyl (C=O) groups excluding carboxylic acids is 3. The Morgan fingerprint density at radius 2 is 1.71 bits per heavy atom. The van der Waals surface area contributed by atoms with Crippen LogP contribution in [-0.4, -0.2) is 76.6 Å². The second-order valence-corrected chi connectivity index (χ2v) is 9.58. The molecule has 0 spiro atoms. The number of fused-ring (bicyclic) bond motifs is 1. The van der Waals surface area contributed by atoms with Crippen LogP contribution < -0.4 is 5.32 Å². The molecule has 2 heterocycles. The summed E-state index contributed by atoms with van der Waals surface area (Å²) in [6.07, 6.45) is 7.28. The van der Waals surface area contributed by atoms with Crippen molar-refractivity contribution < 1.29 is 18.8 Å². The molecule has 1 aromatic carbocycles. The van der Waals surface area contributed by atoms with E-state index in [2.05, 4.69) is 19.2 Å². The zero-order valence-electron chi connectivity index (χ0n) is 21.3. The Balaban J connectivity index is 1.76. The van der Waals surface area contributed by atoms with E-state index in [0.717, 1.165) is 44.1 Å². The SMILES string of the molecule is CCCCCCCN1CC2N(C(=O)CN(C)N2C(=O)NCc2ccc(F)cc2)[C@@H](CCCC)C1=O. The van der Waals surface area contributed by atoms with Gasteiger partial charge in [0, 0.05) is 20.1 Å². The van der Waals surface area contributed by atoms with E-state index in [0.29, 0.717) is 19.5 Å². The second kappa shape index (κ2) is 12.9. The van der Waals surface area contributed by atoms with E-state index in [1.807, 2.05) is 4.90 Å². The Kier molecular flexibility index (Phi) is 9.89. The van der Waals surface area contributed by atoms with Crippen molar-refractivity contribution >= 4 is 17.8 Å². The summed E-state index contributed by atoms with van der Waals surface area (Å²) in [5.41, 5.74) is 0.778. The highest BCUT2D eigenvalue weighted by atomic mass is 19.1. The molecular formula is C26H40FN5O3. The zero-order valence-corrected chi connectivity index (χ0v) is 21.3. The first-order valence-corrected chi connectivity index (χ1v) is 13.0. The number of hydrazine groups is 1. The molecule has 194 valence electrons. The van der Waals surface area contributed by atoms with Crippen molar-refractivity contribution in [2.45, 2.75) is 84.0 Å². The number of hydrogen-bond donors (Lipinski definition) is 1. The van der Waals surface area contributed by atoms with Crippen LogP contribution in [0.3, 0.4) is 0 Å². The normalized spacial score (nSPS) is 20.9. The number of amides is 4. The Morgan fingerprint density at radius 1 is 1.03 bits per heavy atom. The topological polar surface area (TPSA) is 76.2 Å². The van der Waals surface area contributed by atoms with E-state index in [1.165, 1.54) is 18.6 Å². The minimum absolute atomic E-state index is 0.00485. The summed E-state index contributed by atoms with van der Waals surface area (Å²) < 4.78 is 13.2. The van der Waals surface area contributed by atoms with Crippen molar-refractivity contribution in [3.63, 3.8) is 0 Å². The third-order valence-corrected chi connectivity index (χ3v) is 6.87. The fraction of sp³-hybridized carbons (Fsp3) is 0.654. The highest BCUT2D eigenvalue weighted by Crippen LogP contribution is 2.28. The van der Waals surface area contributed by atoms with Crippen molar-refractivity contribution in [2.75, 3.05) is 26.7 Å². The van der Waals surface area contributed by atoms with E-state index in [9.17, 15) is 18.8 Å². The number of likely N-dealkylation sites (N-methyl/N-ethyl adjacent to an activating group) is 1. The lowest BCUT2D eigenvalue weighted by molar-refractivity contribution is -0.187. The largest absolute Gasteiger partial charge is 0.337 e. The molecule has 0 saturated carbocycles. The molecule has 2 fully saturated rings. The van der Waals surface area contributed by atoms with E-state index in [4.69, 9.17) is 0 Å². The molecule has 0 bridgehead atoms. The number of hydrogen-bond acceptors (Lipinski definition) is 4. The highest BCUT2D eigenvalue weighted by molar-refractivity contribution is 5.91. The number of benzene rings is 1. The van der Waals surface area contributed by atoms with Crippen LogP contribution in [0.15, 0.2) is 24.3 Å². The van der Waals surface area contributed by atoms with Gasteiger partial charge < -0.3 is 15.1 Å². The Labute approximate surface area is 208 Å². The molecule has 9 heteroatoms. The van der Waals surface area contributed by atoms with Gasteiger partial charge in [-0.2, -0.15) is 0 Å². The standard InChI is InChI=1S/C26H40FN5O3/c1-4-6-8-9-10-16-30-18-23-31(22(25(30)34)11-7-5-2)24(33)19-29(3)32(23)26(35)28-17-20-12-14-21(27)15-13-20/h12-15,22-23H,4-11,16-19H2,1-3H3,(H,28,35)/t22-,23?/m0/s1. The molecule has 1 N–H and O–H groups in total. The van der Waals surface area contributed by atoms with Gasteiger partial charge in [0.1, 0.15) is 18.0 Å². The van der Waals surface area contributed by atoms with Crippen LogP contribution >= 0.6 is 0 Å². The Morgan fingerprint density at radius 3 is 2.40 bits per heavy atom. The van der Waals surface area contributed by atoms with Crippen LogP contribution in [0.4, 0.5) is 9.18 Å². The number of carbonyl (C=O) groups is 3.